The highest BCUT2D eigenvalue weighted by Crippen LogP contribution is 2.28. The van der Waals surface area contributed by atoms with Gasteiger partial charge in [0.1, 0.15) is 23.1 Å². The van der Waals surface area contributed by atoms with E-state index in [1.165, 1.54) is 13.2 Å². The Balaban J connectivity index is 1.87. The molecule has 0 atom stereocenters. The third-order valence-corrected chi connectivity index (χ3v) is 4.40. The zero-order chi connectivity index (χ0) is 20.8. The highest BCUT2D eigenvalue weighted by Gasteiger charge is 2.14. The van der Waals surface area contributed by atoms with Crippen LogP contribution in [0, 0.1) is 11.3 Å². The van der Waals surface area contributed by atoms with Crippen molar-refractivity contribution in [3.63, 3.8) is 0 Å². The number of aromatic nitrogens is 2. The molecule has 146 valence electrons. The summed E-state index contributed by atoms with van der Waals surface area (Å²) in [4.78, 5) is 12.6. The van der Waals surface area contributed by atoms with Crippen molar-refractivity contribution in [3.8, 4) is 28.8 Å². The molecule has 3 rings (SSSR count). The van der Waals surface area contributed by atoms with E-state index in [1.807, 2.05) is 30.3 Å². The van der Waals surface area contributed by atoms with Crippen LogP contribution in [0.5, 0.6) is 11.5 Å². The molecular weight excluding hydrogens is 392 g/mol. The molecule has 2 aromatic carbocycles. The molecule has 0 spiro atoms. The summed E-state index contributed by atoms with van der Waals surface area (Å²) in [6.45, 7) is 0. The third kappa shape index (κ3) is 4.57. The number of ether oxygens (including phenoxy) is 2. The van der Waals surface area contributed by atoms with Crippen LogP contribution >= 0.6 is 11.6 Å². The molecule has 0 aliphatic heterocycles. The van der Waals surface area contributed by atoms with Crippen LogP contribution in [0.2, 0.25) is 5.02 Å². The van der Waals surface area contributed by atoms with Crippen LogP contribution in [-0.4, -0.2) is 30.3 Å². The predicted molar refractivity (Wildman–Crippen MR) is 111 cm³/mol. The minimum absolute atomic E-state index is 0.0810. The molecule has 2 N–H and O–H groups in total. The molecule has 3 aromatic rings. The normalized spacial score (nSPS) is 10.9. The van der Waals surface area contributed by atoms with E-state index < -0.39 is 5.91 Å². The Kier molecular flexibility index (Phi) is 6.17. The Labute approximate surface area is 172 Å². The van der Waals surface area contributed by atoms with Gasteiger partial charge in [-0.2, -0.15) is 10.4 Å². The second-order valence-corrected chi connectivity index (χ2v) is 6.31. The van der Waals surface area contributed by atoms with Crippen molar-refractivity contribution in [2.75, 3.05) is 19.5 Å². The van der Waals surface area contributed by atoms with Crippen LogP contribution in [-0.2, 0) is 4.79 Å². The summed E-state index contributed by atoms with van der Waals surface area (Å²) in [7, 11) is 3.08. The monoisotopic (exact) mass is 408 g/mol. The number of carbonyl (C=O) groups is 1. The van der Waals surface area contributed by atoms with E-state index in [0.29, 0.717) is 33.5 Å². The first-order valence-corrected chi connectivity index (χ1v) is 8.88. The van der Waals surface area contributed by atoms with E-state index in [2.05, 4.69) is 15.5 Å². The van der Waals surface area contributed by atoms with Gasteiger partial charge in [-0.15, -0.1) is 0 Å². The van der Waals surface area contributed by atoms with Crippen molar-refractivity contribution < 1.29 is 14.3 Å². The third-order valence-electron chi connectivity index (χ3n) is 4.10. The molecule has 1 aromatic heterocycles. The number of aromatic amines is 1. The Morgan fingerprint density at radius 2 is 2.07 bits per heavy atom. The summed E-state index contributed by atoms with van der Waals surface area (Å²) >= 11 is 6.08. The lowest BCUT2D eigenvalue weighted by atomic mass is 10.1. The number of benzene rings is 2. The zero-order valence-electron chi connectivity index (χ0n) is 15.7. The quantitative estimate of drug-likeness (QED) is 0.468. The molecule has 0 unspecified atom stereocenters. The van der Waals surface area contributed by atoms with Gasteiger partial charge in [0.25, 0.3) is 5.91 Å². The van der Waals surface area contributed by atoms with Gasteiger partial charge in [-0.25, -0.2) is 0 Å². The fourth-order valence-electron chi connectivity index (χ4n) is 2.66. The number of halogens is 1. The first-order chi connectivity index (χ1) is 14.0. The van der Waals surface area contributed by atoms with Gasteiger partial charge in [-0.05, 0) is 36.4 Å². The van der Waals surface area contributed by atoms with Crippen LogP contribution in [0.25, 0.3) is 17.3 Å². The van der Waals surface area contributed by atoms with Crippen molar-refractivity contribution in [2.24, 2.45) is 0 Å². The molecule has 7 nitrogen and oxygen atoms in total. The number of nitrogens with zero attached hydrogens (tertiary/aromatic N) is 2. The fourth-order valence-corrected chi connectivity index (χ4v) is 2.92. The van der Waals surface area contributed by atoms with E-state index in [4.69, 9.17) is 21.1 Å². The van der Waals surface area contributed by atoms with Crippen molar-refractivity contribution in [2.45, 2.75) is 0 Å². The first kappa shape index (κ1) is 20.0. The molecule has 8 heteroatoms. The number of methoxy groups -OCH3 is 2. The standard InChI is InChI=1S/C21H17ClN4O3/c1-28-17-5-3-4-13(9-17)20-15(12-24-26-20)8-14(11-23)21(27)25-16-6-7-19(29-2)18(22)10-16/h3-10,12H,1-2H3,(H,24,26)(H,25,27). The molecular formula is C21H17ClN4O3. The molecule has 0 aliphatic rings. The maximum Gasteiger partial charge on any atom is 0.266 e. The Bertz CT molecular complexity index is 1120. The summed E-state index contributed by atoms with van der Waals surface area (Å²) in [5.74, 6) is 0.607. The fraction of sp³-hybridized carbons (Fsp3) is 0.0952. The average Bonchev–Trinajstić information content (AvgIpc) is 3.20. The highest BCUT2D eigenvalue weighted by atomic mass is 35.5. The minimum atomic E-state index is -0.563. The van der Waals surface area contributed by atoms with Crippen LogP contribution in [0.3, 0.4) is 0 Å². The molecule has 0 saturated heterocycles. The van der Waals surface area contributed by atoms with Crippen LogP contribution in [0.15, 0.2) is 54.2 Å². The molecule has 0 aliphatic carbocycles. The number of nitrogens with one attached hydrogen (secondary N) is 2. The second kappa shape index (κ2) is 8.95. The van der Waals surface area contributed by atoms with Gasteiger partial charge in [0.15, 0.2) is 0 Å². The summed E-state index contributed by atoms with van der Waals surface area (Å²) in [5.41, 5.74) is 2.44. The second-order valence-electron chi connectivity index (χ2n) is 5.91. The Morgan fingerprint density at radius 1 is 1.24 bits per heavy atom. The van der Waals surface area contributed by atoms with Crippen molar-refractivity contribution in [3.05, 3.63) is 64.8 Å². The lowest BCUT2D eigenvalue weighted by Gasteiger charge is -2.08. The Hall–Kier alpha value is -3.76. The Morgan fingerprint density at radius 3 is 2.76 bits per heavy atom. The molecule has 1 heterocycles. The van der Waals surface area contributed by atoms with E-state index in [-0.39, 0.29) is 5.57 Å². The number of hydrogen-bond donors (Lipinski definition) is 2. The van der Waals surface area contributed by atoms with Gasteiger partial charge in [-0.1, -0.05) is 23.7 Å². The number of hydrogen-bond acceptors (Lipinski definition) is 5. The number of amides is 1. The maximum atomic E-state index is 12.6. The van der Waals surface area contributed by atoms with Crippen molar-refractivity contribution in [1.82, 2.24) is 10.2 Å². The predicted octanol–water partition coefficient (Wildman–Crippen LogP) is 4.29. The van der Waals surface area contributed by atoms with Crippen LogP contribution in [0.4, 0.5) is 5.69 Å². The SMILES string of the molecule is COc1cccc(-c2[nH]ncc2C=C(C#N)C(=O)Nc2ccc(OC)c(Cl)c2)c1. The lowest BCUT2D eigenvalue weighted by molar-refractivity contribution is -0.112. The number of carbonyl (C=O) groups excluding carboxylic acids is 1. The van der Waals surface area contributed by atoms with E-state index in [0.717, 1.165) is 5.56 Å². The summed E-state index contributed by atoms with van der Waals surface area (Å²) in [5, 5.41) is 19.4. The van der Waals surface area contributed by atoms with Crippen LogP contribution < -0.4 is 14.8 Å². The average molecular weight is 409 g/mol. The molecule has 0 saturated carbocycles. The molecule has 0 bridgehead atoms. The molecule has 29 heavy (non-hydrogen) atoms. The van der Waals surface area contributed by atoms with Gasteiger partial charge in [-0.3, -0.25) is 9.89 Å². The molecule has 0 radical (unpaired) electrons. The van der Waals surface area contributed by atoms with Gasteiger partial charge in [0.05, 0.1) is 31.1 Å². The topological polar surface area (TPSA) is 100 Å². The van der Waals surface area contributed by atoms with Gasteiger partial charge in [0.2, 0.25) is 0 Å². The summed E-state index contributed by atoms with van der Waals surface area (Å²) in [6.07, 6.45) is 3.02. The van der Waals surface area contributed by atoms with E-state index >= 15 is 0 Å². The molecule has 1 amide bonds. The maximum absolute atomic E-state index is 12.6. The minimum Gasteiger partial charge on any atom is -0.497 e. The van der Waals surface area contributed by atoms with E-state index in [9.17, 15) is 10.1 Å². The number of rotatable bonds is 6. The summed E-state index contributed by atoms with van der Waals surface area (Å²) < 4.78 is 10.3. The van der Waals surface area contributed by atoms with Crippen molar-refractivity contribution in [1.29, 1.82) is 5.26 Å². The highest BCUT2D eigenvalue weighted by molar-refractivity contribution is 6.32. The van der Waals surface area contributed by atoms with Crippen molar-refractivity contribution >= 4 is 29.3 Å². The number of nitriles is 1. The number of anilines is 1. The zero-order valence-corrected chi connectivity index (χ0v) is 16.4. The largest absolute Gasteiger partial charge is 0.497 e. The van der Waals surface area contributed by atoms with Gasteiger partial charge < -0.3 is 14.8 Å². The van der Waals surface area contributed by atoms with Crippen LogP contribution in [0.1, 0.15) is 5.56 Å². The van der Waals surface area contributed by atoms with Gasteiger partial charge in [0, 0.05) is 16.8 Å². The number of H-pyrrole nitrogens is 1. The lowest BCUT2D eigenvalue weighted by Crippen LogP contribution is -2.13. The van der Waals surface area contributed by atoms with E-state index in [1.54, 1.807) is 31.5 Å². The van der Waals surface area contributed by atoms with Gasteiger partial charge >= 0.3 is 0 Å². The first-order valence-electron chi connectivity index (χ1n) is 8.50. The smallest absolute Gasteiger partial charge is 0.266 e. The molecule has 0 fully saturated rings. The summed E-state index contributed by atoms with van der Waals surface area (Å²) in [6, 6.07) is 14.1.